The normalized spacial score (nSPS) is 12.2. The molecular formula is C23H23Br2N3O5. The number of hydrogen-bond acceptors (Lipinski definition) is 7. The molecule has 174 valence electrons. The Kier molecular flexibility index (Phi) is 8.25. The third-order valence-corrected chi connectivity index (χ3v) is 6.23. The molecule has 0 saturated heterocycles. The van der Waals surface area contributed by atoms with Crippen LogP contribution in [0, 0.1) is 0 Å². The van der Waals surface area contributed by atoms with Crippen LogP contribution in [0.2, 0.25) is 0 Å². The lowest BCUT2D eigenvalue weighted by Gasteiger charge is -2.14. The summed E-state index contributed by atoms with van der Waals surface area (Å²) in [5, 5.41) is 4.95. The quantitative estimate of drug-likeness (QED) is 0.279. The molecule has 1 aromatic heterocycles. The Labute approximate surface area is 207 Å². The lowest BCUT2D eigenvalue weighted by molar-refractivity contribution is -0.142. The number of fused-ring (bicyclic) bond motifs is 1. The molecule has 10 heteroatoms. The van der Waals surface area contributed by atoms with E-state index in [1.54, 1.807) is 24.4 Å². The highest BCUT2D eigenvalue weighted by atomic mass is 79.9. The van der Waals surface area contributed by atoms with Crippen molar-refractivity contribution in [2.45, 2.75) is 26.2 Å². The molecule has 0 bridgehead atoms. The highest BCUT2D eigenvalue weighted by Crippen LogP contribution is 2.33. The predicted octanol–water partition coefficient (Wildman–Crippen LogP) is 4.88. The summed E-state index contributed by atoms with van der Waals surface area (Å²) in [5.74, 6) is 0.857. The van der Waals surface area contributed by atoms with Gasteiger partial charge in [0.2, 0.25) is 0 Å². The summed E-state index contributed by atoms with van der Waals surface area (Å²) in [6, 6.07) is 8.77. The van der Waals surface area contributed by atoms with Crippen molar-refractivity contribution in [3.63, 3.8) is 0 Å². The highest BCUT2D eigenvalue weighted by molar-refractivity contribution is 9.10. The van der Waals surface area contributed by atoms with Crippen molar-refractivity contribution in [2.24, 2.45) is 5.10 Å². The Morgan fingerprint density at radius 2 is 1.97 bits per heavy atom. The number of carbonyl (C=O) groups is 1. The van der Waals surface area contributed by atoms with Crippen LogP contribution in [0.4, 0.5) is 0 Å². The van der Waals surface area contributed by atoms with E-state index in [1.165, 1.54) is 18.9 Å². The Morgan fingerprint density at radius 3 is 2.64 bits per heavy atom. The lowest BCUT2D eigenvalue weighted by Crippen LogP contribution is -2.23. The number of benzene rings is 2. The van der Waals surface area contributed by atoms with E-state index < -0.39 is 5.97 Å². The number of halogens is 2. The fourth-order valence-electron chi connectivity index (χ4n) is 3.02. The van der Waals surface area contributed by atoms with Gasteiger partial charge in [-0.1, -0.05) is 29.8 Å². The molecule has 1 atom stereocenters. The average Bonchev–Trinajstić information content (AvgIpc) is 2.82. The average molecular weight is 581 g/mol. The molecule has 0 aliphatic rings. The predicted molar refractivity (Wildman–Crippen MR) is 134 cm³/mol. The van der Waals surface area contributed by atoms with Crippen molar-refractivity contribution in [3.8, 4) is 11.5 Å². The monoisotopic (exact) mass is 579 g/mol. The van der Waals surface area contributed by atoms with Crippen LogP contribution in [0.5, 0.6) is 11.5 Å². The Hall–Kier alpha value is -2.72. The Morgan fingerprint density at radius 1 is 1.21 bits per heavy atom. The van der Waals surface area contributed by atoms with Gasteiger partial charge in [-0.25, -0.2) is 9.78 Å². The molecule has 0 amide bonds. The first-order valence-corrected chi connectivity index (χ1v) is 11.7. The van der Waals surface area contributed by atoms with Crippen molar-refractivity contribution in [1.82, 2.24) is 9.66 Å². The van der Waals surface area contributed by atoms with E-state index in [0.717, 1.165) is 10.9 Å². The van der Waals surface area contributed by atoms with E-state index in [4.69, 9.17) is 14.5 Å². The molecule has 2 aromatic carbocycles. The van der Waals surface area contributed by atoms with Crippen LogP contribution in [0.25, 0.3) is 10.9 Å². The fourth-order valence-corrected chi connectivity index (χ4v) is 3.80. The van der Waals surface area contributed by atoms with Crippen molar-refractivity contribution >= 4 is 54.9 Å². The van der Waals surface area contributed by atoms with Crippen molar-refractivity contribution in [1.29, 1.82) is 0 Å². The first-order valence-electron chi connectivity index (χ1n) is 10.1. The number of rotatable bonds is 8. The zero-order valence-corrected chi connectivity index (χ0v) is 21.8. The van der Waals surface area contributed by atoms with Gasteiger partial charge >= 0.3 is 5.97 Å². The molecule has 0 radical (unpaired) electrons. The standard InChI is InChI=1S/C23H23Br2N3O5/c1-5-13(2)22-27-18-7-6-15(24)9-16(18)23(30)28(22)26-11-14-8-19(31-3)20(10-17(14)25)33-12-21(29)32-4/h6-11,13H,5,12H2,1-4H3/t13-/m1/s1. The summed E-state index contributed by atoms with van der Waals surface area (Å²) in [4.78, 5) is 29.4. The van der Waals surface area contributed by atoms with Gasteiger partial charge in [0, 0.05) is 20.4 Å². The van der Waals surface area contributed by atoms with Crippen molar-refractivity contribution in [2.75, 3.05) is 20.8 Å². The Bertz CT molecular complexity index is 1270. The number of methoxy groups -OCH3 is 2. The van der Waals surface area contributed by atoms with Crippen LogP contribution in [-0.4, -0.2) is 42.7 Å². The minimum atomic E-state index is -0.508. The summed E-state index contributed by atoms with van der Waals surface area (Å²) >= 11 is 6.90. The molecule has 0 saturated carbocycles. The molecule has 33 heavy (non-hydrogen) atoms. The number of aromatic nitrogens is 2. The lowest BCUT2D eigenvalue weighted by atomic mass is 10.1. The van der Waals surface area contributed by atoms with Gasteiger partial charge in [0.15, 0.2) is 18.1 Å². The van der Waals surface area contributed by atoms with E-state index in [9.17, 15) is 9.59 Å². The zero-order chi connectivity index (χ0) is 24.1. The number of ether oxygens (including phenoxy) is 3. The first-order chi connectivity index (χ1) is 15.8. The summed E-state index contributed by atoms with van der Waals surface area (Å²) in [5.41, 5.74) is 1.02. The van der Waals surface area contributed by atoms with Crippen LogP contribution in [0.1, 0.15) is 37.6 Å². The molecule has 0 spiro atoms. The maximum Gasteiger partial charge on any atom is 0.343 e. The van der Waals surface area contributed by atoms with E-state index in [-0.39, 0.29) is 18.1 Å². The molecule has 3 aromatic rings. The van der Waals surface area contributed by atoms with E-state index in [2.05, 4.69) is 41.7 Å². The molecule has 3 rings (SSSR count). The van der Waals surface area contributed by atoms with Crippen molar-refractivity contribution in [3.05, 3.63) is 61.0 Å². The molecule has 0 unspecified atom stereocenters. The van der Waals surface area contributed by atoms with E-state index in [1.807, 2.05) is 26.0 Å². The summed E-state index contributed by atoms with van der Waals surface area (Å²) < 4.78 is 18.2. The zero-order valence-electron chi connectivity index (χ0n) is 18.6. The van der Waals surface area contributed by atoms with Crippen LogP contribution in [0.3, 0.4) is 0 Å². The smallest absolute Gasteiger partial charge is 0.343 e. The third kappa shape index (κ3) is 5.62. The molecule has 0 fully saturated rings. The number of carbonyl (C=O) groups excluding carboxylic acids is 1. The molecule has 0 aliphatic carbocycles. The molecule has 1 heterocycles. The highest BCUT2D eigenvalue weighted by Gasteiger charge is 2.16. The molecular weight excluding hydrogens is 558 g/mol. The summed E-state index contributed by atoms with van der Waals surface area (Å²) in [6.07, 6.45) is 2.35. The second kappa shape index (κ2) is 10.9. The van der Waals surface area contributed by atoms with Crippen LogP contribution in [-0.2, 0) is 9.53 Å². The summed E-state index contributed by atoms with van der Waals surface area (Å²) in [7, 11) is 2.78. The first kappa shape index (κ1) is 24.9. The maximum atomic E-state index is 13.3. The minimum Gasteiger partial charge on any atom is -0.493 e. The van der Waals surface area contributed by atoms with Gasteiger partial charge in [-0.3, -0.25) is 4.79 Å². The molecule has 0 aliphatic heterocycles. The second-order valence-corrected chi connectivity index (χ2v) is 8.96. The van der Waals surface area contributed by atoms with Crippen LogP contribution < -0.4 is 15.0 Å². The van der Waals surface area contributed by atoms with Gasteiger partial charge in [0.25, 0.3) is 5.56 Å². The van der Waals surface area contributed by atoms with E-state index in [0.29, 0.717) is 38.3 Å². The topological polar surface area (TPSA) is 92.0 Å². The number of esters is 1. The largest absolute Gasteiger partial charge is 0.493 e. The van der Waals surface area contributed by atoms with Crippen molar-refractivity contribution < 1.29 is 19.0 Å². The number of hydrogen-bond donors (Lipinski definition) is 0. The van der Waals surface area contributed by atoms with E-state index >= 15 is 0 Å². The maximum absolute atomic E-state index is 13.3. The van der Waals surface area contributed by atoms with Gasteiger partial charge in [0.1, 0.15) is 5.82 Å². The van der Waals surface area contributed by atoms with Gasteiger partial charge < -0.3 is 14.2 Å². The number of nitrogens with zero attached hydrogens (tertiary/aromatic N) is 3. The van der Waals surface area contributed by atoms with Crippen LogP contribution in [0.15, 0.2) is 49.2 Å². The van der Waals surface area contributed by atoms with Crippen LogP contribution >= 0.6 is 31.9 Å². The minimum absolute atomic E-state index is 0.0231. The second-order valence-electron chi connectivity index (χ2n) is 7.19. The Balaban J connectivity index is 2.07. The van der Waals surface area contributed by atoms with Gasteiger partial charge in [-0.2, -0.15) is 9.78 Å². The third-order valence-electron chi connectivity index (χ3n) is 5.05. The fraction of sp³-hybridized carbons (Fsp3) is 0.304. The van der Waals surface area contributed by atoms with Gasteiger partial charge in [-0.05, 0) is 52.7 Å². The van der Waals surface area contributed by atoms with Gasteiger partial charge in [-0.15, -0.1) is 0 Å². The SMILES string of the molecule is CC[C@@H](C)c1nc2ccc(Br)cc2c(=O)n1N=Cc1cc(OC)c(OCC(=O)OC)cc1Br. The molecule has 0 N–H and O–H groups in total. The van der Waals surface area contributed by atoms with Gasteiger partial charge in [0.05, 0.1) is 31.3 Å². The molecule has 8 nitrogen and oxygen atoms in total. The summed E-state index contributed by atoms with van der Waals surface area (Å²) in [6.45, 7) is 3.79.